The van der Waals surface area contributed by atoms with Gasteiger partial charge in [-0.2, -0.15) is 23.5 Å². The van der Waals surface area contributed by atoms with E-state index in [9.17, 15) is 18.0 Å². The third-order valence-corrected chi connectivity index (χ3v) is 4.00. The second-order valence-corrected chi connectivity index (χ2v) is 5.99. The summed E-state index contributed by atoms with van der Waals surface area (Å²) in [5, 5.41) is 20.0. The molecule has 2 N–H and O–H groups in total. The summed E-state index contributed by atoms with van der Waals surface area (Å²) in [6.45, 7) is 0. The number of carbonyl (C=O) groups is 1. The van der Waals surface area contributed by atoms with Crippen molar-refractivity contribution < 1.29 is 18.0 Å². The topological polar surface area (TPSA) is 101 Å². The Morgan fingerprint density at radius 3 is 2.66 bits per heavy atom. The maximum absolute atomic E-state index is 13.3. The van der Waals surface area contributed by atoms with E-state index in [1.807, 2.05) is 0 Å². The van der Waals surface area contributed by atoms with Gasteiger partial charge in [-0.25, -0.2) is 4.68 Å². The first-order chi connectivity index (χ1) is 13.9. The van der Waals surface area contributed by atoms with Crippen molar-refractivity contribution in [2.75, 3.05) is 5.32 Å². The summed E-state index contributed by atoms with van der Waals surface area (Å²) in [6, 6.07) is 11.2. The molecule has 2 aromatic heterocycles. The first kappa shape index (κ1) is 18.3. The number of H-pyrrole nitrogens is 1. The number of nitrogens with one attached hydrogen (secondary N) is 2. The zero-order valence-electron chi connectivity index (χ0n) is 14.6. The summed E-state index contributed by atoms with van der Waals surface area (Å²) in [4.78, 5) is 12.7. The molecule has 0 aliphatic heterocycles. The fourth-order valence-corrected chi connectivity index (χ4v) is 2.68. The SMILES string of the molecule is O=C(Nc1cccc(-c2nn[nH]n2)c1)c1cc(-n2cccn2)cc(C(F)(F)F)c1. The van der Waals surface area contributed by atoms with Gasteiger partial charge in [0.25, 0.3) is 5.91 Å². The van der Waals surface area contributed by atoms with E-state index in [1.54, 1.807) is 30.3 Å². The highest BCUT2D eigenvalue weighted by Gasteiger charge is 2.32. The molecule has 29 heavy (non-hydrogen) atoms. The lowest BCUT2D eigenvalue weighted by Crippen LogP contribution is -2.15. The molecule has 0 spiro atoms. The number of benzene rings is 2. The molecule has 0 aliphatic carbocycles. The highest BCUT2D eigenvalue weighted by molar-refractivity contribution is 6.05. The second-order valence-electron chi connectivity index (χ2n) is 5.99. The summed E-state index contributed by atoms with van der Waals surface area (Å²) < 4.78 is 41.2. The Morgan fingerprint density at radius 2 is 1.97 bits per heavy atom. The second kappa shape index (κ2) is 7.19. The van der Waals surface area contributed by atoms with Gasteiger partial charge in [-0.3, -0.25) is 4.79 Å². The summed E-state index contributed by atoms with van der Waals surface area (Å²) in [7, 11) is 0. The Morgan fingerprint density at radius 1 is 1.10 bits per heavy atom. The van der Waals surface area contributed by atoms with Crippen LogP contribution in [0.2, 0.25) is 0 Å². The van der Waals surface area contributed by atoms with Crippen LogP contribution in [-0.4, -0.2) is 36.3 Å². The maximum Gasteiger partial charge on any atom is 0.416 e. The predicted octanol–water partition coefficient (Wildman–Crippen LogP) is 3.32. The van der Waals surface area contributed by atoms with Gasteiger partial charge >= 0.3 is 6.18 Å². The lowest BCUT2D eigenvalue weighted by atomic mass is 10.1. The molecule has 0 aliphatic rings. The van der Waals surface area contributed by atoms with Crippen molar-refractivity contribution in [1.29, 1.82) is 0 Å². The quantitative estimate of drug-likeness (QED) is 0.548. The molecule has 8 nitrogen and oxygen atoms in total. The molecule has 2 heterocycles. The molecule has 11 heteroatoms. The van der Waals surface area contributed by atoms with Gasteiger partial charge in [0.05, 0.1) is 11.3 Å². The molecule has 0 bridgehead atoms. The van der Waals surface area contributed by atoms with Crippen molar-refractivity contribution in [3.05, 3.63) is 72.1 Å². The van der Waals surface area contributed by atoms with E-state index in [4.69, 9.17) is 0 Å². The van der Waals surface area contributed by atoms with Crippen LogP contribution >= 0.6 is 0 Å². The van der Waals surface area contributed by atoms with Crippen LogP contribution in [0, 0.1) is 0 Å². The highest BCUT2D eigenvalue weighted by Crippen LogP contribution is 2.32. The summed E-state index contributed by atoms with van der Waals surface area (Å²) >= 11 is 0. The molecule has 4 rings (SSSR count). The van der Waals surface area contributed by atoms with Crippen LogP contribution in [0.4, 0.5) is 18.9 Å². The lowest BCUT2D eigenvalue weighted by Gasteiger charge is -2.13. The Balaban J connectivity index is 1.67. The minimum Gasteiger partial charge on any atom is -0.322 e. The molecule has 0 saturated carbocycles. The number of nitrogens with zero attached hydrogens (tertiary/aromatic N) is 5. The third-order valence-electron chi connectivity index (χ3n) is 4.00. The number of carbonyl (C=O) groups excluding carboxylic acids is 1. The number of hydrogen-bond donors (Lipinski definition) is 2. The minimum atomic E-state index is -4.61. The molecule has 0 atom stereocenters. The normalized spacial score (nSPS) is 11.4. The molecule has 1 amide bonds. The number of aromatic nitrogens is 6. The zero-order chi connectivity index (χ0) is 20.4. The fraction of sp³-hybridized carbons (Fsp3) is 0.0556. The number of anilines is 1. The fourth-order valence-electron chi connectivity index (χ4n) is 2.68. The van der Waals surface area contributed by atoms with Crippen LogP contribution < -0.4 is 5.32 Å². The summed E-state index contributed by atoms with van der Waals surface area (Å²) in [5.74, 6) is -0.379. The van der Waals surface area contributed by atoms with E-state index in [1.165, 1.54) is 23.1 Å². The molecule has 4 aromatic rings. The first-order valence-corrected chi connectivity index (χ1v) is 8.28. The van der Waals surface area contributed by atoms with Crippen LogP contribution in [-0.2, 0) is 6.18 Å². The van der Waals surface area contributed by atoms with Gasteiger partial charge in [0.1, 0.15) is 0 Å². The number of halogens is 3. The van der Waals surface area contributed by atoms with Gasteiger partial charge in [-0.05, 0) is 41.6 Å². The van der Waals surface area contributed by atoms with E-state index in [0.29, 0.717) is 17.1 Å². The van der Waals surface area contributed by atoms with Crippen molar-refractivity contribution in [3.8, 4) is 17.1 Å². The Kier molecular flexibility index (Phi) is 4.55. The van der Waals surface area contributed by atoms with Gasteiger partial charge < -0.3 is 5.32 Å². The van der Waals surface area contributed by atoms with Gasteiger partial charge in [-0.1, -0.05) is 12.1 Å². The van der Waals surface area contributed by atoms with E-state index in [2.05, 4.69) is 31.0 Å². The largest absolute Gasteiger partial charge is 0.416 e. The molecule has 2 aromatic carbocycles. The minimum absolute atomic E-state index is 0.121. The average Bonchev–Trinajstić information content (AvgIpc) is 3.41. The van der Waals surface area contributed by atoms with Crippen LogP contribution in [0.15, 0.2) is 60.9 Å². The maximum atomic E-state index is 13.3. The standard InChI is InChI=1S/C18H12F3N7O/c19-18(20,21)13-7-12(9-15(10-13)28-6-2-5-22-28)17(29)23-14-4-1-3-11(8-14)16-24-26-27-25-16/h1-10H,(H,23,29)(H,24,25,26,27). The van der Waals surface area contributed by atoms with E-state index in [0.717, 1.165) is 12.1 Å². The van der Waals surface area contributed by atoms with Crippen molar-refractivity contribution in [2.24, 2.45) is 0 Å². The third kappa shape index (κ3) is 3.98. The number of rotatable bonds is 4. The monoisotopic (exact) mass is 399 g/mol. The van der Waals surface area contributed by atoms with Crippen molar-refractivity contribution in [3.63, 3.8) is 0 Å². The van der Waals surface area contributed by atoms with Crippen molar-refractivity contribution in [1.82, 2.24) is 30.4 Å². The van der Waals surface area contributed by atoms with E-state index < -0.39 is 17.6 Å². The van der Waals surface area contributed by atoms with Crippen LogP contribution in [0.1, 0.15) is 15.9 Å². The lowest BCUT2D eigenvalue weighted by molar-refractivity contribution is -0.137. The smallest absolute Gasteiger partial charge is 0.322 e. The molecular formula is C18H12F3N7O. The number of hydrogen-bond acceptors (Lipinski definition) is 5. The zero-order valence-corrected chi connectivity index (χ0v) is 14.6. The number of tetrazole rings is 1. The van der Waals surface area contributed by atoms with Crippen molar-refractivity contribution >= 4 is 11.6 Å². The van der Waals surface area contributed by atoms with Gasteiger partial charge in [0, 0.05) is 29.2 Å². The highest BCUT2D eigenvalue weighted by atomic mass is 19.4. The van der Waals surface area contributed by atoms with Gasteiger partial charge in [0.2, 0.25) is 5.82 Å². The predicted molar refractivity (Wildman–Crippen MR) is 96.1 cm³/mol. The first-order valence-electron chi connectivity index (χ1n) is 8.28. The van der Waals surface area contributed by atoms with Crippen LogP contribution in [0.25, 0.3) is 17.1 Å². The average molecular weight is 399 g/mol. The van der Waals surface area contributed by atoms with Crippen LogP contribution in [0.5, 0.6) is 0 Å². The number of aromatic amines is 1. The number of alkyl halides is 3. The Labute approximate surface area is 161 Å². The molecule has 146 valence electrons. The van der Waals surface area contributed by atoms with Crippen LogP contribution in [0.3, 0.4) is 0 Å². The van der Waals surface area contributed by atoms with Crippen molar-refractivity contribution in [2.45, 2.75) is 6.18 Å². The Hall–Kier alpha value is -4.02. The summed E-state index contributed by atoms with van der Waals surface area (Å²) in [6.07, 6.45) is -1.69. The van der Waals surface area contributed by atoms with E-state index >= 15 is 0 Å². The molecule has 0 fully saturated rings. The van der Waals surface area contributed by atoms with E-state index in [-0.39, 0.29) is 11.3 Å². The molecule has 0 unspecified atom stereocenters. The number of amides is 1. The summed E-state index contributed by atoms with van der Waals surface area (Å²) in [5.41, 5.74) is -0.0322. The molecular weight excluding hydrogens is 387 g/mol. The Bertz CT molecular complexity index is 1140. The molecule has 0 saturated heterocycles. The van der Waals surface area contributed by atoms with Gasteiger partial charge in [-0.15, -0.1) is 10.2 Å². The van der Waals surface area contributed by atoms with Gasteiger partial charge in [0.15, 0.2) is 0 Å². The molecule has 0 radical (unpaired) electrons.